The van der Waals surface area contributed by atoms with Gasteiger partial charge in [-0.3, -0.25) is 4.79 Å². The molecule has 1 atom stereocenters. The van der Waals surface area contributed by atoms with E-state index in [0.717, 1.165) is 24.0 Å². The summed E-state index contributed by atoms with van der Waals surface area (Å²) in [4.78, 5) is 11.8. The molecule has 0 aliphatic carbocycles. The van der Waals surface area contributed by atoms with Gasteiger partial charge in [0, 0.05) is 17.6 Å². The summed E-state index contributed by atoms with van der Waals surface area (Å²) in [7, 11) is 0. The molecule has 0 fully saturated rings. The third-order valence-electron chi connectivity index (χ3n) is 3.37. The van der Waals surface area contributed by atoms with Gasteiger partial charge in [0.05, 0.1) is 0 Å². The van der Waals surface area contributed by atoms with Crippen LogP contribution in [-0.4, -0.2) is 18.6 Å². The summed E-state index contributed by atoms with van der Waals surface area (Å²) >= 11 is 0. The predicted octanol–water partition coefficient (Wildman–Crippen LogP) is 2.70. The van der Waals surface area contributed by atoms with Crippen molar-refractivity contribution < 1.29 is 9.53 Å². The first-order valence-corrected chi connectivity index (χ1v) is 7.26. The van der Waals surface area contributed by atoms with Crippen LogP contribution in [-0.2, 0) is 4.79 Å². The van der Waals surface area contributed by atoms with Crippen LogP contribution < -0.4 is 15.8 Å². The lowest BCUT2D eigenvalue weighted by Gasteiger charge is -2.17. The van der Waals surface area contributed by atoms with E-state index in [2.05, 4.69) is 19.2 Å². The van der Waals surface area contributed by atoms with E-state index in [9.17, 15) is 4.79 Å². The van der Waals surface area contributed by atoms with Crippen LogP contribution in [0.2, 0.25) is 0 Å². The van der Waals surface area contributed by atoms with Crippen molar-refractivity contribution in [3.05, 3.63) is 29.3 Å². The van der Waals surface area contributed by atoms with E-state index in [0.29, 0.717) is 5.75 Å². The lowest BCUT2D eigenvalue weighted by molar-refractivity contribution is -0.123. The molecule has 0 saturated carbocycles. The molecular formula is C16H26N2O2. The topological polar surface area (TPSA) is 64.3 Å². The number of amides is 1. The fourth-order valence-electron chi connectivity index (χ4n) is 2.05. The maximum atomic E-state index is 11.8. The van der Waals surface area contributed by atoms with Gasteiger partial charge in [-0.1, -0.05) is 26.0 Å². The van der Waals surface area contributed by atoms with Crippen LogP contribution in [0.3, 0.4) is 0 Å². The van der Waals surface area contributed by atoms with Crippen LogP contribution in [0.25, 0.3) is 0 Å². The number of rotatable bonds is 7. The summed E-state index contributed by atoms with van der Waals surface area (Å²) in [6, 6.07) is 5.97. The van der Waals surface area contributed by atoms with Crippen molar-refractivity contribution in [1.29, 1.82) is 0 Å². The van der Waals surface area contributed by atoms with Crippen molar-refractivity contribution in [2.75, 3.05) is 6.61 Å². The van der Waals surface area contributed by atoms with Gasteiger partial charge in [-0.2, -0.15) is 0 Å². The molecule has 0 bridgehead atoms. The molecule has 0 heterocycles. The largest absolute Gasteiger partial charge is 0.483 e. The van der Waals surface area contributed by atoms with Gasteiger partial charge >= 0.3 is 0 Å². The normalized spacial score (nSPS) is 12.3. The average Bonchev–Trinajstić information content (AvgIpc) is 2.42. The Morgan fingerprint density at radius 3 is 2.55 bits per heavy atom. The van der Waals surface area contributed by atoms with Crippen LogP contribution in [0.1, 0.15) is 50.8 Å². The first-order chi connectivity index (χ1) is 9.47. The summed E-state index contributed by atoms with van der Waals surface area (Å²) < 4.78 is 5.64. The Hall–Kier alpha value is -1.55. The first-order valence-electron chi connectivity index (χ1n) is 7.26. The zero-order valence-electron chi connectivity index (χ0n) is 12.9. The summed E-state index contributed by atoms with van der Waals surface area (Å²) in [6.07, 6.45) is 1.86. The van der Waals surface area contributed by atoms with Gasteiger partial charge < -0.3 is 15.8 Å². The highest BCUT2D eigenvalue weighted by Gasteiger charge is 2.12. The Labute approximate surface area is 121 Å². The smallest absolute Gasteiger partial charge is 0.258 e. The second kappa shape index (κ2) is 7.90. The van der Waals surface area contributed by atoms with Gasteiger partial charge in [-0.15, -0.1) is 0 Å². The summed E-state index contributed by atoms with van der Waals surface area (Å²) in [5.74, 6) is 0.607. The maximum Gasteiger partial charge on any atom is 0.258 e. The van der Waals surface area contributed by atoms with Crippen LogP contribution in [0.4, 0.5) is 0 Å². The zero-order valence-corrected chi connectivity index (χ0v) is 12.9. The number of benzene rings is 1. The number of hydrogen-bond acceptors (Lipinski definition) is 3. The highest BCUT2D eigenvalue weighted by atomic mass is 16.5. The molecule has 0 aromatic heterocycles. The number of ether oxygens (including phenoxy) is 1. The molecule has 0 radical (unpaired) electrons. The minimum absolute atomic E-state index is 0.0275. The quantitative estimate of drug-likeness (QED) is 0.806. The molecule has 1 rings (SSSR count). The van der Waals surface area contributed by atoms with Gasteiger partial charge in [-0.05, 0) is 38.3 Å². The Bertz CT molecular complexity index is 440. The van der Waals surface area contributed by atoms with Crippen LogP contribution in [0.5, 0.6) is 5.75 Å². The van der Waals surface area contributed by atoms with E-state index in [-0.39, 0.29) is 24.6 Å². The van der Waals surface area contributed by atoms with E-state index in [1.807, 2.05) is 32.0 Å². The molecule has 1 aromatic carbocycles. The summed E-state index contributed by atoms with van der Waals surface area (Å²) in [5, 5.41) is 2.95. The second-order valence-electron chi connectivity index (χ2n) is 5.20. The number of hydrogen-bond donors (Lipinski definition) is 2. The Balaban J connectivity index is 2.65. The van der Waals surface area contributed by atoms with Crippen molar-refractivity contribution >= 4 is 5.91 Å². The molecule has 0 aliphatic rings. The number of carbonyl (C=O) groups excluding carboxylic acids is 1. The minimum Gasteiger partial charge on any atom is -0.483 e. The van der Waals surface area contributed by atoms with E-state index in [1.54, 1.807) is 0 Å². The average molecular weight is 278 g/mol. The molecule has 0 unspecified atom stereocenters. The van der Waals surface area contributed by atoms with Gasteiger partial charge in [0.2, 0.25) is 0 Å². The third kappa shape index (κ3) is 4.85. The van der Waals surface area contributed by atoms with E-state index in [4.69, 9.17) is 10.5 Å². The molecule has 0 aliphatic heterocycles. The van der Waals surface area contributed by atoms with Crippen molar-refractivity contribution in [1.82, 2.24) is 5.32 Å². The molecule has 0 spiro atoms. The van der Waals surface area contributed by atoms with Gasteiger partial charge in [-0.25, -0.2) is 0 Å². The zero-order chi connectivity index (χ0) is 15.1. The Morgan fingerprint density at radius 2 is 2.00 bits per heavy atom. The molecule has 4 heteroatoms. The lowest BCUT2D eigenvalue weighted by atomic mass is 10.1. The van der Waals surface area contributed by atoms with Gasteiger partial charge in [0.25, 0.3) is 5.91 Å². The predicted molar refractivity (Wildman–Crippen MR) is 81.8 cm³/mol. The standard InChI is InChI=1S/C16H26N2O2/c1-5-13(6-2)18-16(19)10-20-15-9-11(3)7-8-14(15)12(4)17/h7-9,12-13H,5-6,10,17H2,1-4H3,(H,18,19)/t12-/m1/s1. The van der Waals surface area contributed by atoms with Crippen LogP contribution in [0.15, 0.2) is 18.2 Å². The van der Waals surface area contributed by atoms with Crippen LogP contribution in [0, 0.1) is 6.92 Å². The number of carbonyl (C=O) groups is 1. The van der Waals surface area contributed by atoms with Crippen molar-refractivity contribution in [3.8, 4) is 5.75 Å². The SMILES string of the molecule is CCC(CC)NC(=O)COc1cc(C)ccc1[C@@H](C)N. The van der Waals surface area contributed by atoms with E-state index in [1.165, 1.54) is 0 Å². The molecular weight excluding hydrogens is 252 g/mol. The minimum atomic E-state index is -0.118. The molecule has 1 aromatic rings. The molecule has 4 nitrogen and oxygen atoms in total. The lowest BCUT2D eigenvalue weighted by Crippen LogP contribution is -2.37. The Kier molecular flexibility index (Phi) is 6.52. The highest BCUT2D eigenvalue weighted by molar-refractivity contribution is 5.77. The Morgan fingerprint density at radius 1 is 1.35 bits per heavy atom. The van der Waals surface area contributed by atoms with Crippen molar-refractivity contribution in [2.24, 2.45) is 5.73 Å². The number of nitrogens with two attached hydrogens (primary N) is 1. The molecule has 112 valence electrons. The fraction of sp³-hybridized carbons (Fsp3) is 0.562. The maximum absolute atomic E-state index is 11.8. The number of aryl methyl sites for hydroxylation is 1. The molecule has 20 heavy (non-hydrogen) atoms. The van der Waals surface area contributed by atoms with E-state index < -0.39 is 0 Å². The van der Waals surface area contributed by atoms with Crippen molar-refractivity contribution in [3.63, 3.8) is 0 Å². The van der Waals surface area contributed by atoms with Crippen LogP contribution >= 0.6 is 0 Å². The van der Waals surface area contributed by atoms with Gasteiger partial charge in [0.1, 0.15) is 5.75 Å². The van der Waals surface area contributed by atoms with Crippen molar-refractivity contribution in [2.45, 2.75) is 52.6 Å². The molecule has 3 N–H and O–H groups in total. The summed E-state index contributed by atoms with van der Waals surface area (Å²) in [6.45, 7) is 8.04. The third-order valence-corrected chi connectivity index (χ3v) is 3.37. The highest BCUT2D eigenvalue weighted by Crippen LogP contribution is 2.25. The number of nitrogens with one attached hydrogen (secondary N) is 1. The molecule has 0 saturated heterocycles. The summed E-state index contributed by atoms with van der Waals surface area (Å²) in [5.41, 5.74) is 7.92. The monoisotopic (exact) mass is 278 g/mol. The second-order valence-corrected chi connectivity index (χ2v) is 5.20. The fourth-order valence-corrected chi connectivity index (χ4v) is 2.05. The van der Waals surface area contributed by atoms with Gasteiger partial charge in [0.15, 0.2) is 6.61 Å². The first kappa shape index (κ1) is 16.5. The molecule has 1 amide bonds. The van der Waals surface area contributed by atoms with E-state index >= 15 is 0 Å².